The Bertz CT molecular complexity index is 162. The second-order valence-electron chi connectivity index (χ2n) is 3.89. The molecule has 0 spiro atoms. The first kappa shape index (κ1) is 9.52. The topological polar surface area (TPSA) is 41.1 Å². The first-order valence-electron chi connectivity index (χ1n) is 4.61. The highest BCUT2D eigenvalue weighted by molar-refractivity contribution is 5.73. The van der Waals surface area contributed by atoms with Crippen LogP contribution in [0, 0.1) is 0 Å². The van der Waals surface area contributed by atoms with Crippen molar-refractivity contribution in [3.63, 3.8) is 0 Å². The predicted molar refractivity (Wildman–Crippen MR) is 48.9 cm³/mol. The van der Waals surface area contributed by atoms with E-state index in [1.165, 1.54) is 0 Å². The maximum atomic E-state index is 10.6. The molecular weight excluding hydrogens is 152 g/mol. The van der Waals surface area contributed by atoms with Gasteiger partial charge in [0, 0.05) is 25.0 Å². The largest absolute Gasteiger partial charge is 0.353 e. The van der Waals surface area contributed by atoms with E-state index in [-0.39, 0.29) is 5.91 Å². The van der Waals surface area contributed by atoms with Gasteiger partial charge in [-0.2, -0.15) is 0 Å². The summed E-state index contributed by atoms with van der Waals surface area (Å²) in [6.07, 6.45) is 2.16. The Balaban J connectivity index is 2.08. The van der Waals surface area contributed by atoms with Crippen LogP contribution in [-0.4, -0.2) is 24.0 Å². The Morgan fingerprint density at radius 3 is 2.33 bits per heavy atom. The molecule has 70 valence electrons. The lowest BCUT2D eigenvalue weighted by molar-refractivity contribution is -0.120. The Labute approximate surface area is 73.9 Å². The molecule has 2 N–H and O–H groups in total. The maximum Gasteiger partial charge on any atom is 0.217 e. The lowest BCUT2D eigenvalue weighted by Crippen LogP contribution is -2.53. The Kier molecular flexibility index (Phi) is 3.09. The first-order chi connectivity index (χ1) is 5.58. The zero-order valence-corrected chi connectivity index (χ0v) is 8.05. The molecule has 0 bridgehead atoms. The summed E-state index contributed by atoms with van der Waals surface area (Å²) in [6.45, 7) is 5.86. The van der Waals surface area contributed by atoms with E-state index in [1.807, 2.05) is 0 Å². The van der Waals surface area contributed by atoms with Gasteiger partial charge in [0.05, 0.1) is 0 Å². The highest BCUT2D eigenvalue weighted by Gasteiger charge is 2.29. The van der Waals surface area contributed by atoms with Crippen molar-refractivity contribution in [2.75, 3.05) is 0 Å². The minimum Gasteiger partial charge on any atom is -0.353 e. The van der Waals surface area contributed by atoms with Crippen molar-refractivity contribution < 1.29 is 4.79 Å². The zero-order chi connectivity index (χ0) is 9.14. The summed E-state index contributed by atoms with van der Waals surface area (Å²) in [6, 6.07) is 1.58. The Morgan fingerprint density at radius 1 is 1.33 bits per heavy atom. The molecule has 0 atom stereocenters. The molecule has 1 aliphatic rings. The van der Waals surface area contributed by atoms with E-state index in [2.05, 4.69) is 24.5 Å². The summed E-state index contributed by atoms with van der Waals surface area (Å²) < 4.78 is 0. The van der Waals surface area contributed by atoms with Crippen LogP contribution < -0.4 is 10.6 Å². The predicted octanol–water partition coefficient (Wildman–Crippen LogP) is 0.651. The lowest BCUT2D eigenvalue weighted by Gasteiger charge is -2.37. The highest BCUT2D eigenvalue weighted by Crippen LogP contribution is 2.20. The molecule has 12 heavy (non-hydrogen) atoms. The molecule has 0 aliphatic heterocycles. The second-order valence-corrected chi connectivity index (χ2v) is 3.89. The van der Waals surface area contributed by atoms with Crippen molar-refractivity contribution in [3.8, 4) is 0 Å². The van der Waals surface area contributed by atoms with Gasteiger partial charge in [-0.1, -0.05) is 13.8 Å². The van der Waals surface area contributed by atoms with E-state index in [0.29, 0.717) is 18.1 Å². The fourth-order valence-electron chi connectivity index (χ4n) is 1.63. The summed E-state index contributed by atoms with van der Waals surface area (Å²) in [7, 11) is 0. The summed E-state index contributed by atoms with van der Waals surface area (Å²) >= 11 is 0. The standard InChI is InChI=1S/C9H18N2O/c1-6(2)10-8-4-9(5-8)11-7(3)12/h6,8-10H,4-5H2,1-3H3,(H,11,12)/t8-,9+. The number of hydrogen-bond donors (Lipinski definition) is 2. The monoisotopic (exact) mass is 170 g/mol. The molecule has 0 heterocycles. The SMILES string of the molecule is CC(=O)N[C@H]1C[C@@H](NC(C)C)C1. The Morgan fingerprint density at radius 2 is 1.92 bits per heavy atom. The van der Waals surface area contributed by atoms with Crippen LogP contribution >= 0.6 is 0 Å². The number of rotatable bonds is 3. The average Bonchev–Trinajstić information content (AvgIpc) is 1.80. The number of nitrogens with one attached hydrogen (secondary N) is 2. The average molecular weight is 170 g/mol. The van der Waals surface area contributed by atoms with Gasteiger partial charge in [-0.3, -0.25) is 4.79 Å². The molecule has 1 fully saturated rings. The van der Waals surface area contributed by atoms with E-state index in [0.717, 1.165) is 12.8 Å². The Hall–Kier alpha value is -0.570. The second kappa shape index (κ2) is 3.90. The van der Waals surface area contributed by atoms with E-state index in [4.69, 9.17) is 0 Å². The minimum absolute atomic E-state index is 0.0861. The molecule has 1 rings (SSSR count). The van der Waals surface area contributed by atoms with Gasteiger partial charge in [-0.15, -0.1) is 0 Å². The van der Waals surface area contributed by atoms with E-state index < -0.39 is 0 Å². The molecule has 3 nitrogen and oxygen atoms in total. The summed E-state index contributed by atoms with van der Waals surface area (Å²) in [5.74, 6) is 0.0861. The first-order valence-corrected chi connectivity index (χ1v) is 4.61. The van der Waals surface area contributed by atoms with Gasteiger partial charge < -0.3 is 10.6 Å². The van der Waals surface area contributed by atoms with Crippen molar-refractivity contribution in [1.82, 2.24) is 10.6 Å². The van der Waals surface area contributed by atoms with Crippen LogP contribution in [0.3, 0.4) is 0 Å². The molecule has 0 aromatic carbocycles. The smallest absolute Gasteiger partial charge is 0.217 e. The summed E-state index contributed by atoms with van der Waals surface area (Å²) in [5.41, 5.74) is 0. The number of carbonyl (C=O) groups is 1. The fraction of sp³-hybridized carbons (Fsp3) is 0.889. The quantitative estimate of drug-likeness (QED) is 0.653. The van der Waals surface area contributed by atoms with Gasteiger partial charge >= 0.3 is 0 Å². The van der Waals surface area contributed by atoms with E-state index >= 15 is 0 Å². The highest BCUT2D eigenvalue weighted by atomic mass is 16.1. The third kappa shape index (κ3) is 2.81. The van der Waals surface area contributed by atoms with Crippen molar-refractivity contribution in [3.05, 3.63) is 0 Å². The zero-order valence-electron chi connectivity index (χ0n) is 8.05. The van der Waals surface area contributed by atoms with Crippen LogP contribution in [0.1, 0.15) is 33.6 Å². The molecule has 1 saturated carbocycles. The lowest BCUT2D eigenvalue weighted by atomic mass is 9.86. The molecule has 0 aromatic rings. The number of amides is 1. The van der Waals surface area contributed by atoms with Crippen LogP contribution in [0.5, 0.6) is 0 Å². The van der Waals surface area contributed by atoms with E-state index in [9.17, 15) is 4.79 Å². The van der Waals surface area contributed by atoms with Crippen molar-refractivity contribution >= 4 is 5.91 Å². The molecule has 3 heteroatoms. The van der Waals surface area contributed by atoms with Crippen LogP contribution in [0.25, 0.3) is 0 Å². The third-order valence-corrected chi connectivity index (χ3v) is 2.11. The third-order valence-electron chi connectivity index (χ3n) is 2.11. The van der Waals surface area contributed by atoms with Crippen LogP contribution in [0.4, 0.5) is 0 Å². The van der Waals surface area contributed by atoms with Crippen LogP contribution in [0.2, 0.25) is 0 Å². The van der Waals surface area contributed by atoms with Gasteiger partial charge in [0.25, 0.3) is 0 Å². The van der Waals surface area contributed by atoms with Gasteiger partial charge in [0.2, 0.25) is 5.91 Å². The summed E-state index contributed by atoms with van der Waals surface area (Å²) in [5, 5.41) is 6.33. The number of carbonyl (C=O) groups excluding carboxylic acids is 1. The summed E-state index contributed by atoms with van der Waals surface area (Å²) in [4.78, 5) is 10.6. The van der Waals surface area contributed by atoms with Crippen molar-refractivity contribution in [1.29, 1.82) is 0 Å². The van der Waals surface area contributed by atoms with Crippen LogP contribution in [0.15, 0.2) is 0 Å². The van der Waals surface area contributed by atoms with Gasteiger partial charge in [0.1, 0.15) is 0 Å². The van der Waals surface area contributed by atoms with Gasteiger partial charge in [-0.05, 0) is 12.8 Å². The molecule has 0 saturated heterocycles. The van der Waals surface area contributed by atoms with Crippen molar-refractivity contribution in [2.45, 2.75) is 51.7 Å². The van der Waals surface area contributed by atoms with Gasteiger partial charge in [0.15, 0.2) is 0 Å². The fourth-order valence-corrected chi connectivity index (χ4v) is 1.63. The molecular formula is C9H18N2O. The van der Waals surface area contributed by atoms with Crippen molar-refractivity contribution in [2.24, 2.45) is 0 Å². The molecule has 1 amide bonds. The van der Waals surface area contributed by atoms with Gasteiger partial charge in [-0.25, -0.2) is 0 Å². The molecule has 0 unspecified atom stereocenters. The molecule has 0 radical (unpaired) electrons. The van der Waals surface area contributed by atoms with E-state index in [1.54, 1.807) is 6.92 Å². The normalized spacial score (nSPS) is 28.3. The molecule has 1 aliphatic carbocycles. The maximum absolute atomic E-state index is 10.6. The molecule has 0 aromatic heterocycles. The minimum atomic E-state index is 0.0861. The number of hydrogen-bond acceptors (Lipinski definition) is 2. The van der Waals surface area contributed by atoms with Crippen LogP contribution in [-0.2, 0) is 4.79 Å².